The Morgan fingerprint density at radius 3 is 2.37 bits per heavy atom. The van der Waals surface area contributed by atoms with Crippen molar-refractivity contribution in [3.8, 4) is 5.75 Å². The van der Waals surface area contributed by atoms with Crippen LogP contribution in [-0.4, -0.2) is 25.2 Å². The van der Waals surface area contributed by atoms with Crippen molar-refractivity contribution < 1.29 is 5.11 Å². The van der Waals surface area contributed by atoms with Crippen molar-refractivity contribution in [2.24, 2.45) is 0 Å². The molecule has 3 heteroatoms. The molecule has 0 spiro atoms. The fourth-order valence-electron chi connectivity index (χ4n) is 3.58. The highest BCUT2D eigenvalue weighted by molar-refractivity contribution is 5.63. The number of allylic oxidation sites excluding steroid dienone is 1. The molecule has 3 nitrogen and oxygen atoms in total. The van der Waals surface area contributed by atoms with Gasteiger partial charge >= 0.3 is 0 Å². The molecule has 1 atom stereocenters. The molecule has 0 fully saturated rings. The smallest absolute Gasteiger partial charge is 0.124 e. The molecular formula is C24H34N2O. The summed E-state index contributed by atoms with van der Waals surface area (Å²) in [5, 5.41) is 13.7. The molecule has 146 valence electrons. The van der Waals surface area contributed by atoms with E-state index in [9.17, 15) is 5.11 Å². The van der Waals surface area contributed by atoms with Gasteiger partial charge in [-0.15, -0.1) is 0 Å². The van der Waals surface area contributed by atoms with E-state index in [1.807, 2.05) is 25.3 Å². The largest absolute Gasteiger partial charge is 0.507 e. The quantitative estimate of drug-likeness (QED) is 0.567. The maximum atomic E-state index is 10.4. The molecule has 2 N–H and O–H groups in total. The minimum absolute atomic E-state index is 0.0485. The highest BCUT2D eigenvalue weighted by Gasteiger charge is 2.25. The van der Waals surface area contributed by atoms with Gasteiger partial charge in [0.2, 0.25) is 0 Å². The molecule has 1 unspecified atom stereocenters. The number of hydrogen-bond acceptors (Lipinski definition) is 3. The number of phenolic OH excluding ortho intramolecular Hbond substituents is 1. The number of benzene rings is 2. The predicted octanol–water partition coefficient (Wildman–Crippen LogP) is 6.05. The zero-order valence-electron chi connectivity index (χ0n) is 17.4. The maximum Gasteiger partial charge on any atom is 0.124 e. The molecule has 0 aliphatic carbocycles. The lowest BCUT2D eigenvalue weighted by Crippen LogP contribution is -2.21. The first-order valence-corrected chi connectivity index (χ1v) is 10.0. The van der Waals surface area contributed by atoms with Crippen LogP contribution in [0.5, 0.6) is 5.75 Å². The number of phenols is 1. The van der Waals surface area contributed by atoms with Gasteiger partial charge in [0.1, 0.15) is 5.75 Å². The molecule has 2 aromatic rings. The number of rotatable bonds is 9. The van der Waals surface area contributed by atoms with Gasteiger partial charge in [-0.05, 0) is 55.9 Å². The molecule has 2 rings (SSSR count). The summed E-state index contributed by atoms with van der Waals surface area (Å²) in [6.07, 6.45) is 6.18. The van der Waals surface area contributed by atoms with E-state index in [-0.39, 0.29) is 5.41 Å². The van der Waals surface area contributed by atoms with Gasteiger partial charge in [0.05, 0.1) is 0 Å². The van der Waals surface area contributed by atoms with E-state index in [0.29, 0.717) is 5.75 Å². The van der Waals surface area contributed by atoms with Crippen LogP contribution in [0.4, 0.5) is 11.4 Å². The Morgan fingerprint density at radius 2 is 1.78 bits per heavy atom. The molecule has 0 amide bonds. The van der Waals surface area contributed by atoms with Crippen molar-refractivity contribution in [3.63, 3.8) is 0 Å². The van der Waals surface area contributed by atoms with Gasteiger partial charge < -0.3 is 15.3 Å². The van der Waals surface area contributed by atoms with Gasteiger partial charge in [0, 0.05) is 43.1 Å². The van der Waals surface area contributed by atoms with Crippen molar-refractivity contribution in [1.82, 2.24) is 0 Å². The van der Waals surface area contributed by atoms with E-state index < -0.39 is 0 Å². The third-order valence-electron chi connectivity index (χ3n) is 5.64. The fourth-order valence-corrected chi connectivity index (χ4v) is 3.58. The Bertz CT molecular complexity index is 765. The summed E-state index contributed by atoms with van der Waals surface area (Å²) in [4.78, 5) is 2.23. The molecule has 0 saturated carbocycles. The Labute approximate surface area is 164 Å². The van der Waals surface area contributed by atoms with E-state index in [1.165, 1.54) is 11.3 Å². The fraction of sp³-hybridized carbons (Fsp3) is 0.417. The number of nitrogens with zero attached hydrogens (tertiary/aromatic N) is 1. The topological polar surface area (TPSA) is 35.5 Å². The van der Waals surface area contributed by atoms with E-state index in [0.717, 1.165) is 37.2 Å². The molecular weight excluding hydrogens is 332 g/mol. The van der Waals surface area contributed by atoms with Gasteiger partial charge in [-0.2, -0.15) is 0 Å². The first-order valence-electron chi connectivity index (χ1n) is 10.0. The minimum atomic E-state index is 0.0485. The summed E-state index contributed by atoms with van der Waals surface area (Å²) < 4.78 is 0. The Kier molecular flexibility index (Phi) is 7.35. The van der Waals surface area contributed by atoms with E-state index in [4.69, 9.17) is 0 Å². The molecule has 27 heavy (non-hydrogen) atoms. The summed E-state index contributed by atoms with van der Waals surface area (Å²) in [6, 6.07) is 14.5. The molecule has 0 bridgehead atoms. The summed E-state index contributed by atoms with van der Waals surface area (Å²) in [6.45, 7) is 10.7. The van der Waals surface area contributed by atoms with E-state index >= 15 is 0 Å². The van der Waals surface area contributed by atoms with Gasteiger partial charge in [0.25, 0.3) is 0 Å². The lowest BCUT2D eigenvalue weighted by Gasteiger charge is -2.30. The summed E-state index contributed by atoms with van der Waals surface area (Å²) >= 11 is 0. The van der Waals surface area contributed by atoms with E-state index in [2.05, 4.69) is 74.3 Å². The average Bonchev–Trinajstić information content (AvgIpc) is 2.70. The predicted molar refractivity (Wildman–Crippen MR) is 119 cm³/mol. The SMILES string of the molecule is CCN(CC)c1ccc(/C=C/CC(C)(CC)c2ccccc2NC)c(O)c1. The highest BCUT2D eigenvalue weighted by atomic mass is 16.3. The number of anilines is 2. The highest BCUT2D eigenvalue weighted by Crippen LogP contribution is 2.36. The van der Waals surface area contributed by atoms with Crippen LogP contribution in [0.25, 0.3) is 6.08 Å². The van der Waals surface area contributed by atoms with Crippen LogP contribution in [0.1, 0.15) is 51.7 Å². The Balaban J connectivity index is 2.20. The Hall–Kier alpha value is -2.42. The minimum Gasteiger partial charge on any atom is -0.507 e. The van der Waals surface area contributed by atoms with Crippen LogP contribution >= 0.6 is 0 Å². The molecule has 0 aromatic heterocycles. The summed E-state index contributed by atoms with van der Waals surface area (Å²) in [5.41, 5.74) is 4.50. The number of nitrogens with one attached hydrogen (secondary N) is 1. The molecule has 0 aliphatic heterocycles. The van der Waals surface area contributed by atoms with Gasteiger partial charge in [-0.1, -0.05) is 44.2 Å². The van der Waals surface area contributed by atoms with Crippen molar-refractivity contribution in [3.05, 3.63) is 59.7 Å². The molecule has 0 heterocycles. The number of aromatic hydroxyl groups is 1. The summed E-state index contributed by atoms with van der Waals surface area (Å²) in [7, 11) is 1.97. The Morgan fingerprint density at radius 1 is 1.07 bits per heavy atom. The average molecular weight is 367 g/mol. The second kappa shape index (κ2) is 9.50. The van der Waals surface area contributed by atoms with Crippen LogP contribution in [0.15, 0.2) is 48.5 Å². The molecule has 2 aromatic carbocycles. The van der Waals surface area contributed by atoms with Crippen molar-refractivity contribution in [2.75, 3.05) is 30.4 Å². The van der Waals surface area contributed by atoms with E-state index in [1.54, 1.807) is 0 Å². The number of para-hydroxylation sites is 1. The van der Waals surface area contributed by atoms with Crippen LogP contribution in [0.3, 0.4) is 0 Å². The maximum absolute atomic E-state index is 10.4. The molecule has 0 saturated heterocycles. The van der Waals surface area contributed by atoms with Crippen LogP contribution in [0.2, 0.25) is 0 Å². The van der Waals surface area contributed by atoms with Gasteiger partial charge in [-0.25, -0.2) is 0 Å². The van der Waals surface area contributed by atoms with Crippen LogP contribution < -0.4 is 10.2 Å². The molecule has 0 radical (unpaired) electrons. The van der Waals surface area contributed by atoms with Gasteiger partial charge in [-0.3, -0.25) is 0 Å². The second-order valence-electron chi connectivity index (χ2n) is 7.23. The normalized spacial score (nSPS) is 13.5. The van der Waals surface area contributed by atoms with Crippen LogP contribution in [0, 0.1) is 0 Å². The number of hydrogen-bond donors (Lipinski definition) is 2. The molecule has 0 aliphatic rings. The standard InChI is InChI=1S/C24H34N2O/c1-6-24(4,21-13-9-10-14-22(21)25-5)17-11-12-19-15-16-20(18-23(19)27)26(7-2)8-3/h9-16,18,25,27H,6-8,17H2,1-5H3/b12-11+. The lowest BCUT2D eigenvalue weighted by molar-refractivity contribution is 0.462. The van der Waals surface area contributed by atoms with Crippen molar-refractivity contribution in [1.29, 1.82) is 0 Å². The zero-order valence-corrected chi connectivity index (χ0v) is 17.4. The van der Waals surface area contributed by atoms with Gasteiger partial charge in [0.15, 0.2) is 0 Å². The van der Waals surface area contributed by atoms with Crippen LogP contribution in [-0.2, 0) is 5.41 Å². The lowest BCUT2D eigenvalue weighted by atomic mass is 9.76. The van der Waals surface area contributed by atoms with Crippen molar-refractivity contribution in [2.45, 2.75) is 46.0 Å². The summed E-state index contributed by atoms with van der Waals surface area (Å²) in [5.74, 6) is 0.337. The first-order chi connectivity index (χ1) is 13.0. The monoisotopic (exact) mass is 366 g/mol. The third kappa shape index (κ3) is 4.85. The zero-order chi connectivity index (χ0) is 19.9. The second-order valence-corrected chi connectivity index (χ2v) is 7.23. The third-order valence-corrected chi connectivity index (χ3v) is 5.64. The van der Waals surface area contributed by atoms with Crippen molar-refractivity contribution >= 4 is 17.5 Å². The first kappa shape index (κ1) is 20.9.